The van der Waals surface area contributed by atoms with Gasteiger partial charge in [0.15, 0.2) is 0 Å². The summed E-state index contributed by atoms with van der Waals surface area (Å²) in [5.41, 5.74) is 0.561. The van der Waals surface area contributed by atoms with E-state index in [1.54, 1.807) is 6.08 Å². The van der Waals surface area contributed by atoms with Gasteiger partial charge in [-0.05, 0) is 31.1 Å². The molecule has 1 aliphatic heterocycles. The van der Waals surface area contributed by atoms with Crippen LogP contribution in [0.1, 0.15) is 18.4 Å². The summed E-state index contributed by atoms with van der Waals surface area (Å²) in [4.78, 5) is 22.2. The van der Waals surface area contributed by atoms with Crippen LogP contribution in [0.3, 0.4) is 0 Å². The molecule has 1 aromatic rings. The molecule has 0 radical (unpaired) electrons. The van der Waals surface area contributed by atoms with Gasteiger partial charge in [0.05, 0.1) is 10.5 Å². The van der Waals surface area contributed by atoms with Crippen molar-refractivity contribution in [2.75, 3.05) is 13.1 Å². The first-order valence-corrected chi connectivity index (χ1v) is 6.09. The Balaban J connectivity index is 2.23. The number of rotatable bonds is 2. The topological polar surface area (TPSA) is 83.7 Å². The van der Waals surface area contributed by atoms with Crippen LogP contribution in [-0.4, -0.2) is 34.1 Å². The number of benzene rings is 1. The highest BCUT2D eigenvalue weighted by Gasteiger charge is 2.21. The summed E-state index contributed by atoms with van der Waals surface area (Å²) >= 11 is 0. The van der Waals surface area contributed by atoms with Crippen molar-refractivity contribution in [3.8, 4) is 0 Å². The van der Waals surface area contributed by atoms with Crippen LogP contribution in [0, 0.1) is 15.9 Å². The summed E-state index contributed by atoms with van der Waals surface area (Å²) in [6, 6.07) is 3.95. The lowest BCUT2D eigenvalue weighted by Gasteiger charge is -2.25. The van der Waals surface area contributed by atoms with Gasteiger partial charge < -0.3 is 10.0 Å². The molecule has 6 nitrogen and oxygen atoms in total. The van der Waals surface area contributed by atoms with Crippen LogP contribution >= 0.6 is 0 Å². The number of nitro benzene ring substituents is 1. The molecule has 1 aromatic carbocycles. The van der Waals surface area contributed by atoms with Crippen molar-refractivity contribution in [2.45, 2.75) is 12.8 Å². The molecule has 1 saturated heterocycles. The van der Waals surface area contributed by atoms with Gasteiger partial charge in [0, 0.05) is 13.1 Å². The maximum Gasteiger partial charge on any atom is 0.407 e. The quantitative estimate of drug-likeness (QED) is 0.667. The summed E-state index contributed by atoms with van der Waals surface area (Å²) in [5, 5.41) is 19.7. The number of piperidine rings is 1. The first-order valence-electron chi connectivity index (χ1n) is 6.09. The van der Waals surface area contributed by atoms with Crippen LogP contribution in [0.5, 0.6) is 0 Å². The number of hydrogen-bond donors (Lipinski definition) is 1. The summed E-state index contributed by atoms with van der Waals surface area (Å²) in [5.74, 6) is -0.868. The van der Waals surface area contributed by atoms with Gasteiger partial charge in [0.2, 0.25) is 5.82 Å². The molecule has 0 bridgehead atoms. The van der Waals surface area contributed by atoms with E-state index >= 15 is 0 Å². The lowest BCUT2D eigenvalue weighted by molar-refractivity contribution is -0.387. The molecule has 0 aromatic heterocycles. The molecule has 0 aliphatic carbocycles. The predicted molar refractivity (Wildman–Crippen MR) is 69.9 cm³/mol. The summed E-state index contributed by atoms with van der Waals surface area (Å²) < 4.78 is 13.5. The number of amides is 1. The minimum atomic E-state index is -0.971. The summed E-state index contributed by atoms with van der Waals surface area (Å²) in [6.45, 7) is 0.703. The van der Waals surface area contributed by atoms with E-state index in [4.69, 9.17) is 5.11 Å². The summed E-state index contributed by atoms with van der Waals surface area (Å²) in [6.07, 6.45) is 1.61. The number of likely N-dealkylation sites (tertiary alicyclic amines) is 1. The van der Waals surface area contributed by atoms with Crippen molar-refractivity contribution < 1.29 is 19.2 Å². The highest BCUT2D eigenvalue weighted by Crippen LogP contribution is 2.27. The Morgan fingerprint density at radius 1 is 1.40 bits per heavy atom. The molecule has 1 N–H and O–H groups in total. The van der Waals surface area contributed by atoms with Gasteiger partial charge in [-0.15, -0.1) is 0 Å². The Morgan fingerprint density at radius 3 is 2.60 bits per heavy atom. The van der Waals surface area contributed by atoms with Gasteiger partial charge in [-0.1, -0.05) is 11.6 Å². The van der Waals surface area contributed by atoms with Crippen molar-refractivity contribution in [1.29, 1.82) is 0 Å². The molecule has 0 atom stereocenters. The monoisotopic (exact) mass is 280 g/mol. The Morgan fingerprint density at radius 2 is 2.05 bits per heavy atom. The molecule has 0 saturated carbocycles. The molecule has 0 unspecified atom stereocenters. The largest absolute Gasteiger partial charge is 0.465 e. The number of nitro groups is 1. The van der Waals surface area contributed by atoms with E-state index in [-0.39, 0.29) is 5.56 Å². The molecule has 1 amide bonds. The Hall–Kier alpha value is -2.44. The van der Waals surface area contributed by atoms with E-state index in [1.807, 2.05) is 0 Å². The fraction of sp³-hybridized carbons (Fsp3) is 0.308. The highest BCUT2D eigenvalue weighted by molar-refractivity contribution is 5.66. The molecular weight excluding hydrogens is 267 g/mol. The van der Waals surface area contributed by atoms with Crippen molar-refractivity contribution in [1.82, 2.24) is 4.90 Å². The van der Waals surface area contributed by atoms with E-state index in [0.29, 0.717) is 25.9 Å². The number of carboxylic acid groups (broad SMARTS) is 1. The molecule has 7 heteroatoms. The van der Waals surface area contributed by atoms with Crippen molar-refractivity contribution in [3.63, 3.8) is 0 Å². The van der Waals surface area contributed by atoms with Crippen LogP contribution in [0.4, 0.5) is 14.9 Å². The second-order valence-corrected chi connectivity index (χ2v) is 4.51. The number of hydrogen-bond acceptors (Lipinski definition) is 3. The molecule has 1 aliphatic rings. The molecule has 1 fully saturated rings. The molecule has 106 valence electrons. The maximum atomic E-state index is 13.5. The van der Waals surface area contributed by atoms with Gasteiger partial charge >= 0.3 is 11.8 Å². The number of halogens is 1. The van der Waals surface area contributed by atoms with E-state index in [2.05, 4.69) is 0 Å². The van der Waals surface area contributed by atoms with Gasteiger partial charge in [-0.3, -0.25) is 10.1 Å². The highest BCUT2D eigenvalue weighted by atomic mass is 19.1. The zero-order valence-electron chi connectivity index (χ0n) is 10.6. The number of carbonyl (C=O) groups is 1. The molecule has 0 spiro atoms. The minimum absolute atomic E-state index is 0.216. The van der Waals surface area contributed by atoms with Crippen molar-refractivity contribution in [2.24, 2.45) is 0 Å². The van der Waals surface area contributed by atoms with E-state index in [1.165, 1.54) is 17.0 Å². The lowest BCUT2D eigenvalue weighted by atomic mass is 10.0. The third-order valence-electron chi connectivity index (χ3n) is 3.24. The first kappa shape index (κ1) is 14.0. The summed E-state index contributed by atoms with van der Waals surface area (Å²) in [7, 11) is 0. The fourth-order valence-corrected chi connectivity index (χ4v) is 2.19. The number of para-hydroxylation sites is 1. The fourth-order valence-electron chi connectivity index (χ4n) is 2.19. The second-order valence-electron chi connectivity index (χ2n) is 4.51. The van der Waals surface area contributed by atoms with Crippen LogP contribution in [-0.2, 0) is 0 Å². The molecule has 1 heterocycles. The van der Waals surface area contributed by atoms with Gasteiger partial charge in [0.1, 0.15) is 0 Å². The van der Waals surface area contributed by atoms with Gasteiger partial charge in [-0.25, -0.2) is 4.79 Å². The van der Waals surface area contributed by atoms with Crippen LogP contribution in [0.15, 0.2) is 23.8 Å². The smallest absolute Gasteiger partial charge is 0.407 e. The van der Waals surface area contributed by atoms with Crippen molar-refractivity contribution in [3.05, 3.63) is 45.3 Å². The van der Waals surface area contributed by atoms with Gasteiger partial charge in [-0.2, -0.15) is 4.39 Å². The van der Waals surface area contributed by atoms with E-state index < -0.39 is 22.5 Å². The Labute approximate surface area is 114 Å². The van der Waals surface area contributed by atoms with E-state index in [9.17, 15) is 19.3 Å². The van der Waals surface area contributed by atoms with Crippen molar-refractivity contribution >= 4 is 17.9 Å². The third-order valence-corrected chi connectivity index (χ3v) is 3.24. The van der Waals surface area contributed by atoms with Gasteiger partial charge in [0.25, 0.3) is 0 Å². The average molecular weight is 280 g/mol. The molecule has 20 heavy (non-hydrogen) atoms. The Kier molecular flexibility index (Phi) is 3.97. The maximum absolute atomic E-state index is 13.5. The number of nitrogens with zero attached hydrogens (tertiary/aromatic N) is 2. The van der Waals surface area contributed by atoms with Crippen LogP contribution in [0.2, 0.25) is 0 Å². The predicted octanol–water partition coefficient (Wildman–Crippen LogP) is 2.89. The van der Waals surface area contributed by atoms with E-state index in [0.717, 1.165) is 11.6 Å². The van der Waals surface area contributed by atoms with Crippen LogP contribution < -0.4 is 0 Å². The normalized spacial score (nSPS) is 15.1. The lowest BCUT2D eigenvalue weighted by Crippen LogP contribution is -2.35. The Bertz CT molecular complexity index is 576. The zero-order valence-corrected chi connectivity index (χ0v) is 10.6. The molecular formula is C13H13FN2O4. The second kappa shape index (κ2) is 5.68. The third kappa shape index (κ3) is 2.93. The first-order chi connectivity index (χ1) is 9.49. The standard InChI is InChI=1S/C13H13FN2O4/c14-11-3-1-2-10(12(11)16(19)20)8-9-4-6-15(7-5-9)13(17)18/h1-3,8H,4-7H2,(H,17,18). The SMILES string of the molecule is O=C(O)N1CCC(=Cc2cccc(F)c2[N+](=O)[O-])CC1. The zero-order chi connectivity index (χ0) is 14.7. The minimum Gasteiger partial charge on any atom is -0.465 e. The van der Waals surface area contributed by atoms with Crippen LogP contribution in [0.25, 0.3) is 6.08 Å². The average Bonchev–Trinajstić information content (AvgIpc) is 2.39. The molecule has 2 rings (SSSR count).